The molecule has 0 aliphatic carbocycles. The fraction of sp³-hybridized carbons (Fsp3) is 0.300. The van der Waals surface area contributed by atoms with Crippen molar-refractivity contribution in [2.24, 2.45) is 0 Å². The molecule has 1 aromatic carbocycles. The van der Waals surface area contributed by atoms with Crippen molar-refractivity contribution in [1.82, 2.24) is 0 Å². The van der Waals surface area contributed by atoms with Crippen molar-refractivity contribution in [3.8, 4) is 5.75 Å². The maximum absolute atomic E-state index is 10.2. The van der Waals surface area contributed by atoms with E-state index in [1.54, 1.807) is 12.1 Å². The fourth-order valence-electron chi connectivity index (χ4n) is 0.920. The summed E-state index contributed by atoms with van der Waals surface area (Å²) in [6.07, 6.45) is -0.00844. The molecule has 0 atom stereocenters. The summed E-state index contributed by atoms with van der Waals surface area (Å²) in [6, 6.07) is 5.28. The van der Waals surface area contributed by atoms with Crippen molar-refractivity contribution in [2.45, 2.75) is 13.3 Å². The molecule has 0 aliphatic heterocycles. The lowest BCUT2D eigenvalue weighted by atomic mass is 10.2. The molecule has 1 rings (SSSR count). The van der Waals surface area contributed by atoms with E-state index in [2.05, 4.69) is 0 Å². The topological polar surface area (TPSA) is 46.5 Å². The summed E-state index contributed by atoms with van der Waals surface area (Å²) in [7, 11) is 0. The first-order chi connectivity index (χ1) is 6.59. The van der Waals surface area contributed by atoms with E-state index < -0.39 is 5.97 Å². The Hall–Kier alpha value is -1.22. The van der Waals surface area contributed by atoms with Crippen LogP contribution in [0.25, 0.3) is 0 Å². The molecule has 0 aliphatic rings. The van der Waals surface area contributed by atoms with Gasteiger partial charge in [-0.25, -0.2) is 0 Å². The van der Waals surface area contributed by atoms with E-state index in [9.17, 15) is 4.79 Å². The minimum atomic E-state index is -0.872. The molecule has 0 saturated heterocycles. The number of aryl methyl sites for hydroxylation is 1. The van der Waals surface area contributed by atoms with Crippen LogP contribution in [0, 0.1) is 6.92 Å². The van der Waals surface area contributed by atoms with Gasteiger partial charge in [0.2, 0.25) is 0 Å². The second-order valence-electron chi connectivity index (χ2n) is 2.90. The standard InChI is InChI=1S/C10H11ClO3/c1-7-2-3-8(6-9(7)11)14-5-4-10(12)13/h2-3,6H,4-5H2,1H3,(H,12,13). The molecule has 3 nitrogen and oxygen atoms in total. The van der Waals surface area contributed by atoms with E-state index in [0.29, 0.717) is 10.8 Å². The fourth-order valence-corrected chi connectivity index (χ4v) is 1.09. The molecule has 4 heteroatoms. The number of aliphatic carboxylic acids is 1. The third-order valence-corrected chi connectivity index (χ3v) is 2.14. The highest BCUT2D eigenvalue weighted by molar-refractivity contribution is 6.31. The highest BCUT2D eigenvalue weighted by Gasteiger charge is 2.00. The van der Waals surface area contributed by atoms with E-state index in [1.165, 1.54) is 0 Å². The Labute approximate surface area is 87.3 Å². The summed E-state index contributed by atoms with van der Waals surface area (Å²) in [5, 5.41) is 9.01. The second kappa shape index (κ2) is 4.86. The van der Waals surface area contributed by atoms with Crippen LogP contribution in [-0.4, -0.2) is 17.7 Å². The van der Waals surface area contributed by atoms with E-state index in [4.69, 9.17) is 21.4 Å². The van der Waals surface area contributed by atoms with Gasteiger partial charge in [-0.15, -0.1) is 0 Å². The van der Waals surface area contributed by atoms with Crippen molar-refractivity contribution in [2.75, 3.05) is 6.61 Å². The van der Waals surface area contributed by atoms with Gasteiger partial charge in [-0.3, -0.25) is 4.79 Å². The van der Waals surface area contributed by atoms with E-state index in [-0.39, 0.29) is 13.0 Å². The quantitative estimate of drug-likeness (QED) is 0.838. The average Bonchev–Trinajstić information content (AvgIpc) is 2.10. The number of benzene rings is 1. The van der Waals surface area contributed by atoms with Gasteiger partial charge in [-0.1, -0.05) is 17.7 Å². The Kier molecular flexibility index (Phi) is 3.77. The van der Waals surface area contributed by atoms with Gasteiger partial charge in [0.15, 0.2) is 0 Å². The molecule has 1 N–H and O–H groups in total. The van der Waals surface area contributed by atoms with Crippen LogP contribution in [0.5, 0.6) is 5.75 Å². The van der Waals surface area contributed by atoms with Gasteiger partial charge in [0.1, 0.15) is 5.75 Å². The minimum absolute atomic E-state index is 0.00844. The Morgan fingerprint density at radius 2 is 2.29 bits per heavy atom. The van der Waals surface area contributed by atoms with E-state index in [0.717, 1.165) is 5.56 Å². The summed E-state index contributed by atoms with van der Waals surface area (Å²) in [4.78, 5) is 10.2. The molecular weight excluding hydrogens is 204 g/mol. The largest absolute Gasteiger partial charge is 0.493 e. The van der Waals surface area contributed by atoms with Gasteiger partial charge >= 0.3 is 5.97 Å². The zero-order valence-electron chi connectivity index (χ0n) is 7.79. The lowest BCUT2D eigenvalue weighted by molar-refractivity contribution is -0.137. The molecule has 0 bridgehead atoms. The molecule has 0 spiro atoms. The highest BCUT2D eigenvalue weighted by atomic mass is 35.5. The third-order valence-electron chi connectivity index (χ3n) is 1.73. The monoisotopic (exact) mass is 214 g/mol. The first-order valence-electron chi connectivity index (χ1n) is 4.20. The van der Waals surface area contributed by atoms with Crippen LogP contribution in [0.15, 0.2) is 18.2 Å². The normalized spacial score (nSPS) is 9.86. The van der Waals surface area contributed by atoms with Crippen molar-refractivity contribution < 1.29 is 14.6 Å². The smallest absolute Gasteiger partial charge is 0.306 e. The maximum atomic E-state index is 10.2. The van der Waals surface area contributed by atoms with E-state index in [1.807, 2.05) is 13.0 Å². The SMILES string of the molecule is Cc1ccc(OCCC(=O)O)cc1Cl. The lowest BCUT2D eigenvalue weighted by Crippen LogP contribution is -2.04. The lowest BCUT2D eigenvalue weighted by Gasteiger charge is -2.05. The highest BCUT2D eigenvalue weighted by Crippen LogP contribution is 2.21. The summed E-state index contributed by atoms with van der Waals surface area (Å²) < 4.78 is 5.19. The van der Waals surface area contributed by atoms with Crippen LogP contribution in [0.1, 0.15) is 12.0 Å². The molecule has 0 heterocycles. The van der Waals surface area contributed by atoms with Crippen LogP contribution in [0.3, 0.4) is 0 Å². The number of carboxylic acid groups (broad SMARTS) is 1. The summed E-state index contributed by atoms with van der Waals surface area (Å²) in [6.45, 7) is 2.05. The Morgan fingerprint density at radius 3 is 2.86 bits per heavy atom. The third kappa shape index (κ3) is 3.26. The van der Waals surface area contributed by atoms with Gasteiger partial charge in [-0.2, -0.15) is 0 Å². The predicted octanol–water partition coefficient (Wildman–Crippen LogP) is 2.50. The van der Waals surface area contributed by atoms with E-state index >= 15 is 0 Å². The first-order valence-corrected chi connectivity index (χ1v) is 4.58. The maximum Gasteiger partial charge on any atom is 0.306 e. The molecular formula is C10H11ClO3. The Bertz CT molecular complexity index is 336. The molecule has 0 saturated carbocycles. The Morgan fingerprint density at radius 1 is 1.57 bits per heavy atom. The average molecular weight is 215 g/mol. The molecule has 76 valence electrons. The zero-order chi connectivity index (χ0) is 10.6. The number of rotatable bonds is 4. The van der Waals surface area contributed by atoms with Crippen LogP contribution in [0.4, 0.5) is 0 Å². The van der Waals surface area contributed by atoms with Gasteiger partial charge in [0, 0.05) is 5.02 Å². The number of hydrogen-bond acceptors (Lipinski definition) is 2. The number of carboxylic acids is 1. The van der Waals surface area contributed by atoms with Crippen LogP contribution in [-0.2, 0) is 4.79 Å². The number of hydrogen-bond donors (Lipinski definition) is 1. The molecule has 0 fully saturated rings. The van der Waals surface area contributed by atoms with Crippen molar-refractivity contribution in [1.29, 1.82) is 0 Å². The molecule has 1 aromatic rings. The molecule has 0 radical (unpaired) electrons. The predicted molar refractivity (Wildman–Crippen MR) is 53.9 cm³/mol. The summed E-state index contributed by atoms with van der Waals surface area (Å²) in [5.41, 5.74) is 0.970. The van der Waals surface area contributed by atoms with Crippen LogP contribution >= 0.6 is 11.6 Å². The number of halogens is 1. The number of ether oxygens (including phenoxy) is 1. The molecule has 0 aromatic heterocycles. The Balaban J connectivity index is 2.51. The van der Waals surface area contributed by atoms with Crippen molar-refractivity contribution >= 4 is 17.6 Å². The van der Waals surface area contributed by atoms with Gasteiger partial charge in [-0.05, 0) is 24.6 Å². The number of carbonyl (C=O) groups is 1. The summed E-state index contributed by atoms with van der Waals surface area (Å²) >= 11 is 5.86. The zero-order valence-corrected chi connectivity index (χ0v) is 8.54. The van der Waals surface area contributed by atoms with Crippen molar-refractivity contribution in [3.63, 3.8) is 0 Å². The summed E-state index contributed by atoms with van der Waals surface area (Å²) in [5.74, 6) is -0.273. The van der Waals surface area contributed by atoms with Gasteiger partial charge < -0.3 is 9.84 Å². The second-order valence-corrected chi connectivity index (χ2v) is 3.31. The van der Waals surface area contributed by atoms with Crippen LogP contribution in [0.2, 0.25) is 5.02 Å². The minimum Gasteiger partial charge on any atom is -0.493 e. The molecule has 14 heavy (non-hydrogen) atoms. The van der Waals surface area contributed by atoms with Crippen molar-refractivity contribution in [3.05, 3.63) is 28.8 Å². The molecule has 0 unspecified atom stereocenters. The van der Waals surface area contributed by atoms with Crippen LogP contribution < -0.4 is 4.74 Å². The molecule has 0 amide bonds. The van der Waals surface area contributed by atoms with Gasteiger partial charge in [0.05, 0.1) is 13.0 Å². The van der Waals surface area contributed by atoms with Gasteiger partial charge in [0.25, 0.3) is 0 Å². The first kappa shape index (κ1) is 10.9.